The van der Waals surface area contributed by atoms with Crippen LogP contribution in [-0.2, 0) is 6.54 Å². The lowest BCUT2D eigenvalue weighted by Gasteiger charge is -1.89. The quantitative estimate of drug-likeness (QED) is 0.781. The number of nitrogens with two attached hydrogens (primary N) is 1. The zero-order valence-corrected chi connectivity index (χ0v) is 11.2. The molecule has 0 fully saturated rings. The molecule has 0 unspecified atom stereocenters. The number of para-hydroxylation sites is 1. The van der Waals surface area contributed by atoms with Crippen LogP contribution in [0.4, 0.5) is 0 Å². The van der Waals surface area contributed by atoms with Crippen LogP contribution in [0.5, 0.6) is 0 Å². The van der Waals surface area contributed by atoms with E-state index >= 15 is 0 Å². The number of hydrogen-bond donors (Lipinski definition) is 1. The van der Waals surface area contributed by atoms with E-state index < -0.39 is 0 Å². The Morgan fingerprint density at radius 2 is 2.22 bits per heavy atom. The maximum atomic E-state index is 6.06. The van der Waals surface area contributed by atoms with E-state index in [1.54, 1.807) is 6.07 Å². The van der Waals surface area contributed by atoms with Crippen LogP contribution in [0.25, 0.3) is 21.9 Å². The molecule has 2 aromatic heterocycles. The summed E-state index contributed by atoms with van der Waals surface area (Å²) >= 11 is 7.56. The van der Waals surface area contributed by atoms with Gasteiger partial charge in [-0.25, -0.2) is 9.97 Å². The number of benzene rings is 1. The Bertz CT molecular complexity index is 719. The number of thiazole rings is 1. The van der Waals surface area contributed by atoms with Gasteiger partial charge in [0.2, 0.25) is 5.89 Å². The second-order valence-electron chi connectivity index (χ2n) is 3.83. The summed E-state index contributed by atoms with van der Waals surface area (Å²) in [7, 11) is 0. The SMILES string of the molecule is Cc1nc(CN)sc1-c1nc2cccc(Cl)c2o1. The summed E-state index contributed by atoms with van der Waals surface area (Å²) in [6.07, 6.45) is 0. The van der Waals surface area contributed by atoms with E-state index in [4.69, 9.17) is 21.8 Å². The van der Waals surface area contributed by atoms with Crippen molar-refractivity contribution in [2.75, 3.05) is 0 Å². The Kier molecular flexibility index (Phi) is 2.81. The summed E-state index contributed by atoms with van der Waals surface area (Å²) < 4.78 is 5.71. The van der Waals surface area contributed by atoms with Crippen molar-refractivity contribution in [3.05, 3.63) is 33.9 Å². The molecule has 1 aromatic carbocycles. The second kappa shape index (κ2) is 4.35. The number of fused-ring (bicyclic) bond motifs is 1. The minimum atomic E-state index is 0.423. The smallest absolute Gasteiger partial charge is 0.239 e. The van der Waals surface area contributed by atoms with E-state index in [0.29, 0.717) is 23.0 Å². The second-order valence-corrected chi connectivity index (χ2v) is 5.32. The van der Waals surface area contributed by atoms with Crippen LogP contribution < -0.4 is 5.73 Å². The molecule has 2 N–H and O–H groups in total. The van der Waals surface area contributed by atoms with Gasteiger partial charge in [0.05, 0.1) is 10.7 Å². The average molecular weight is 280 g/mol. The van der Waals surface area contributed by atoms with Gasteiger partial charge in [0, 0.05) is 6.54 Å². The van der Waals surface area contributed by atoms with Crippen molar-refractivity contribution in [1.29, 1.82) is 0 Å². The predicted molar refractivity (Wildman–Crippen MR) is 72.8 cm³/mol. The standard InChI is InChI=1S/C12H10ClN3OS/c1-6-11(18-9(5-14)15-6)12-16-8-4-2-3-7(13)10(8)17-12/h2-4H,5,14H2,1H3. The van der Waals surface area contributed by atoms with Gasteiger partial charge in [-0.1, -0.05) is 17.7 Å². The maximum Gasteiger partial charge on any atom is 0.239 e. The molecule has 4 nitrogen and oxygen atoms in total. The zero-order chi connectivity index (χ0) is 12.7. The van der Waals surface area contributed by atoms with Gasteiger partial charge in [-0.3, -0.25) is 0 Å². The van der Waals surface area contributed by atoms with Crippen LogP contribution in [0.15, 0.2) is 22.6 Å². The highest BCUT2D eigenvalue weighted by molar-refractivity contribution is 7.15. The average Bonchev–Trinajstić information content (AvgIpc) is 2.93. The van der Waals surface area contributed by atoms with Crippen LogP contribution in [-0.4, -0.2) is 9.97 Å². The van der Waals surface area contributed by atoms with Crippen molar-refractivity contribution in [3.63, 3.8) is 0 Å². The Morgan fingerprint density at radius 3 is 2.89 bits per heavy atom. The highest BCUT2D eigenvalue weighted by Gasteiger charge is 2.16. The molecule has 0 aliphatic rings. The third kappa shape index (κ3) is 1.80. The number of aryl methyl sites for hydroxylation is 1. The molecule has 0 bridgehead atoms. The minimum Gasteiger partial charge on any atom is -0.434 e. The van der Waals surface area contributed by atoms with Gasteiger partial charge in [0.1, 0.15) is 15.4 Å². The molecular weight excluding hydrogens is 270 g/mol. The van der Waals surface area contributed by atoms with Gasteiger partial charge in [-0.2, -0.15) is 0 Å². The van der Waals surface area contributed by atoms with E-state index in [2.05, 4.69) is 9.97 Å². The first-order chi connectivity index (χ1) is 8.69. The highest BCUT2D eigenvalue weighted by Crippen LogP contribution is 2.33. The summed E-state index contributed by atoms with van der Waals surface area (Å²) in [5.74, 6) is 0.549. The first-order valence-corrected chi connectivity index (χ1v) is 6.60. The van der Waals surface area contributed by atoms with Crippen molar-refractivity contribution in [3.8, 4) is 10.8 Å². The molecule has 0 aliphatic heterocycles. The molecule has 0 atom stereocenters. The fourth-order valence-corrected chi connectivity index (χ4v) is 2.83. The monoisotopic (exact) mass is 279 g/mol. The normalized spacial score (nSPS) is 11.3. The van der Waals surface area contributed by atoms with Crippen LogP contribution in [0.1, 0.15) is 10.7 Å². The minimum absolute atomic E-state index is 0.423. The summed E-state index contributed by atoms with van der Waals surface area (Å²) in [6, 6.07) is 5.50. The number of nitrogens with zero attached hydrogens (tertiary/aromatic N) is 2. The molecule has 6 heteroatoms. The van der Waals surface area contributed by atoms with Crippen molar-refractivity contribution >= 4 is 34.0 Å². The molecular formula is C12H10ClN3OS. The van der Waals surface area contributed by atoms with Gasteiger partial charge in [0.15, 0.2) is 5.58 Å². The Morgan fingerprint density at radius 1 is 1.39 bits per heavy atom. The third-order valence-electron chi connectivity index (χ3n) is 2.58. The van der Waals surface area contributed by atoms with E-state index in [-0.39, 0.29) is 0 Å². The molecule has 92 valence electrons. The molecule has 0 radical (unpaired) electrons. The van der Waals surface area contributed by atoms with Gasteiger partial charge >= 0.3 is 0 Å². The molecule has 3 aromatic rings. The van der Waals surface area contributed by atoms with Crippen molar-refractivity contribution in [2.24, 2.45) is 5.73 Å². The first-order valence-electron chi connectivity index (χ1n) is 5.41. The molecule has 0 amide bonds. The Balaban J connectivity index is 2.19. The topological polar surface area (TPSA) is 64.9 Å². The van der Waals surface area contributed by atoms with Crippen LogP contribution in [0.2, 0.25) is 5.02 Å². The van der Waals surface area contributed by atoms with Gasteiger partial charge in [0.25, 0.3) is 0 Å². The molecule has 0 saturated heterocycles. The van der Waals surface area contributed by atoms with E-state index in [1.807, 2.05) is 19.1 Å². The fourth-order valence-electron chi connectivity index (χ4n) is 1.75. The molecule has 0 aliphatic carbocycles. The van der Waals surface area contributed by atoms with E-state index in [1.165, 1.54) is 11.3 Å². The molecule has 0 saturated carbocycles. The summed E-state index contributed by atoms with van der Waals surface area (Å²) in [5.41, 5.74) is 7.82. The number of oxazole rings is 1. The lowest BCUT2D eigenvalue weighted by atomic mass is 10.3. The molecule has 2 heterocycles. The Labute approximate surface area is 112 Å². The number of rotatable bonds is 2. The zero-order valence-electron chi connectivity index (χ0n) is 9.61. The largest absolute Gasteiger partial charge is 0.434 e. The van der Waals surface area contributed by atoms with Gasteiger partial charge in [-0.15, -0.1) is 11.3 Å². The number of halogens is 1. The number of aromatic nitrogens is 2. The lowest BCUT2D eigenvalue weighted by Crippen LogP contribution is -1.94. The molecule has 18 heavy (non-hydrogen) atoms. The van der Waals surface area contributed by atoms with Crippen molar-refractivity contribution < 1.29 is 4.42 Å². The molecule has 0 spiro atoms. The predicted octanol–water partition coefficient (Wildman–Crippen LogP) is 3.37. The van der Waals surface area contributed by atoms with Crippen LogP contribution >= 0.6 is 22.9 Å². The number of hydrogen-bond acceptors (Lipinski definition) is 5. The van der Waals surface area contributed by atoms with Crippen LogP contribution in [0.3, 0.4) is 0 Å². The Hall–Kier alpha value is -1.43. The van der Waals surface area contributed by atoms with E-state index in [0.717, 1.165) is 21.1 Å². The van der Waals surface area contributed by atoms with Crippen LogP contribution in [0, 0.1) is 6.92 Å². The lowest BCUT2D eigenvalue weighted by molar-refractivity contribution is 0.621. The highest BCUT2D eigenvalue weighted by atomic mass is 35.5. The fraction of sp³-hybridized carbons (Fsp3) is 0.167. The van der Waals surface area contributed by atoms with Gasteiger partial charge in [-0.05, 0) is 19.1 Å². The maximum absolute atomic E-state index is 6.06. The summed E-state index contributed by atoms with van der Waals surface area (Å²) in [4.78, 5) is 9.69. The summed E-state index contributed by atoms with van der Waals surface area (Å²) in [6.45, 7) is 2.34. The third-order valence-corrected chi connectivity index (χ3v) is 4.04. The van der Waals surface area contributed by atoms with E-state index in [9.17, 15) is 0 Å². The summed E-state index contributed by atoms with van der Waals surface area (Å²) in [5, 5.41) is 1.43. The molecule has 3 rings (SSSR count). The van der Waals surface area contributed by atoms with Crippen molar-refractivity contribution in [1.82, 2.24) is 9.97 Å². The van der Waals surface area contributed by atoms with Crippen molar-refractivity contribution in [2.45, 2.75) is 13.5 Å². The first kappa shape index (κ1) is 11.6. The van der Waals surface area contributed by atoms with Gasteiger partial charge < -0.3 is 10.2 Å².